The van der Waals surface area contributed by atoms with Gasteiger partial charge in [-0.1, -0.05) is 19.1 Å². The van der Waals surface area contributed by atoms with Gasteiger partial charge in [0.2, 0.25) is 0 Å². The zero-order valence-corrected chi connectivity index (χ0v) is 9.99. The topological polar surface area (TPSA) is 61.3 Å². The van der Waals surface area contributed by atoms with Gasteiger partial charge in [-0.3, -0.25) is 0 Å². The Bertz CT molecular complexity index is 280. The van der Waals surface area contributed by atoms with Crippen LogP contribution < -0.4 is 16.2 Å². The largest absolute Gasteiger partial charge is 0.494 e. The molecule has 0 aliphatic rings. The van der Waals surface area contributed by atoms with E-state index >= 15 is 0 Å². The molecule has 0 aliphatic carbocycles. The van der Waals surface area contributed by atoms with Gasteiger partial charge in [-0.25, -0.2) is 0 Å². The Labute approximate surface area is 97.8 Å². The predicted molar refractivity (Wildman–Crippen MR) is 67.5 cm³/mol. The molecule has 3 nitrogen and oxygen atoms in total. The first-order chi connectivity index (χ1) is 7.80. The van der Waals surface area contributed by atoms with Crippen LogP contribution in [0.4, 0.5) is 0 Å². The van der Waals surface area contributed by atoms with Crippen molar-refractivity contribution in [2.24, 2.45) is 17.4 Å². The normalized spacial score (nSPS) is 10.8. The molecule has 0 aliphatic heterocycles. The van der Waals surface area contributed by atoms with Gasteiger partial charge in [0.15, 0.2) is 0 Å². The minimum atomic E-state index is 0.377. The van der Waals surface area contributed by atoms with Gasteiger partial charge in [0, 0.05) is 0 Å². The van der Waals surface area contributed by atoms with Crippen LogP contribution in [0.15, 0.2) is 24.3 Å². The van der Waals surface area contributed by atoms with Crippen molar-refractivity contribution in [3.63, 3.8) is 0 Å². The fourth-order valence-corrected chi connectivity index (χ4v) is 1.54. The van der Waals surface area contributed by atoms with Crippen molar-refractivity contribution < 1.29 is 4.74 Å². The molecule has 1 aromatic rings. The molecule has 0 radical (unpaired) electrons. The molecule has 0 heterocycles. The number of rotatable bonds is 7. The van der Waals surface area contributed by atoms with E-state index in [2.05, 4.69) is 19.1 Å². The first kappa shape index (κ1) is 13.0. The summed E-state index contributed by atoms with van der Waals surface area (Å²) in [5.74, 6) is 1.31. The maximum absolute atomic E-state index is 5.62. The van der Waals surface area contributed by atoms with E-state index in [1.807, 2.05) is 12.1 Å². The van der Waals surface area contributed by atoms with Crippen LogP contribution in [-0.2, 0) is 6.42 Å². The summed E-state index contributed by atoms with van der Waals surface area (Å²) >= 11 is 0. The number of hydrogen-bond donors (Lipinski definition) is 2. The molecule has 1 aromatic carbocycles. The third-order valence-corrected chi connectivity index (χ3v) is 2.59. The van der Waals surface area contributed by atoms with Crippen LogP contribution in [0.2, 0.25) is 0 Å². The molecule has 1 rings (SSSR count). The van der Waals surface area contributed by atoms with E-state index in [1.54, 1.807) is 0 Å². The van der Waals surface area contributed by atoms with Gasteiger partial charge < -0.3 is 16.2 Å². The quantitative estimate of drug-likeness (QED) is 0.736. The summed E-state index contributed by atoms with van der Waals surface area (Å²) in [6, 6.07) is 8.19. The fourth-order valence-electron chi connectivity index (χ4n) is 1.54. The standard InChI is InChI=1S/C13H22N2O/c1-2-7-16-13-5-3-11(4-6-13)8-12(9-14)10-15/h3-6,12H,2,7-10,14-15H2,1H3. The first-order valence-corrected chi connectivity index (χ1v) is 5.92. The fraction of sp³-hybridized carbons (Fsp3) is 0.538. The number of nitrogens with two attached hydrogens (primary N) is 2. The first-order valence-electron chi connectivity index (χ1n) is 5.92. The Kier molecular flexibility index (Phi) is 5.90. The van der Waals surface area contributed by atoms with Crippen LogP contribution in [-0.4, -0.2) is 19.7 Å². The summed E-state index contributed by atoms with van der Waals surface area (Å²) < 4.78 is 5.52. The zero-order chi connectivity index (χ0) is 11.8. The van der Waals surface area contributed by atoms with Gasteiger partial charge in [0.1, 0.15) is 5.75 Å². The average molecular weight is 222 g/mol. The minimum Gasteiger partial charge on any atom is -0.494 e. The lowest BCUT2D eigenvalue weighted by atomic mass is 10.00. The van der Waals surface area contributed by atoms with Crippen molar-refractivity contribution >= 4 is 0 Å². The number of hydrogen-bond acceptors (Lipinski definition) is 3. The van der Waals surface area contributed by atoms with E-state index in [0.29, 0.717) is 19.0 Å². The molecule has 0 amide bonds. The van der Waals surface area contributed by atoms with Crippen LogP contribution >= 0.6 is 0 Å². The highest BCUT2D eigenvalue weighted by Gasteiger charge is 2.05. The predicted octanol–water partition coefficient (Wildman–Crippen LogP) is 1.55. The molecule has 0 unspecified atom stereocenters. The molecule has 0 atom stereocenters. The molecule has 0 saturated carbocycles. The Hall–Kier alpha value is -1.06. The van der Waals surface area contributed by atoms with Crippen molar-refractivity contribution in [3.05, 3.63) is 29.8 Å². The van der Waals surface area contributed by atoms with Crippen molar-refractivity contribution in [3.8, 4) is 5.75 Å². The second kappa shape index (κ2) is 7.25. The summed E-state index contributed by atoms with van der Waals surface area (Å²) in [5.41, 5.74) is 12.5. The Morgan fingerprint density at radius 1 is 1.12 bits per heavy atom. The van der Waals surface area contributed by atoms with Crippen LogP contribution in [0.5, 0.6) is 5.75 Å². The molecule has 0 aromatic heterocycles. The highest BCUT2D eigenvalue weighted by atomic mass is 16.5. The van der Waals surface area contributed by atoms with Crippen LogP contribution in [0.3, 0.4) is 0 Å². The average Bonchev–Trinajstić information content (AvgIpc) is 2.35. The molecule has 0 fully saturated rings. The van der Waals surface area contributed by atoms with Crippen LogP contribution in [0, 0.1) is 5.92 Å². The van der Waals surface area contributed by atoms with E-state index < -0.39 is 0 Å². The molecule has 3 heteroatoms. The highest BCUT2D eigenvalue weighted by molar-refractivity contribution is 5.27. The van der Waals surface area contributed by atoms with Gasteiger partial charge >= 0.3 is 0 Å². The molecule has 0 saturated heterocycles. The van der Waals surface area contributed by atoms with Crippen molar-refractivity contribution in [2.75, 3.05) is 19.7 Å². The molecule has 90 valence electrons. The second-order valence-electron chi connectivity index (χ2n) is 4.03. The summed E-state index contributed by atoms with van der Waals surface area (Å²) in [4.78, 5) is 0. The van der Waals surface area contributed by atoms with E-state index in [4.69, 9.17) is 16.2 Å². The summed E-state index contributed by atoms with van der Waals surface area (Å²) in [6.07, 6.45) is 1.98. The maximum Gasteiger partial charge on any atom is 0.119 e. The summed E-state index contributed by atoms with van der Waals surface area (Å²) in [6.45, 7) is 4.16. The molecule has 16 heavy (non-hydrogen) atoms. The van der Waals surface area contributed by atoms with Gasteiger partial charge in [-0.05, 0) is 49.5 Å². The van der Waals surface area contributed by atoms with Crippen molar-refractivity contribution in [2.45, 2.75) is 19.8 Å². The van der Waals surface area contributed by atoms with E-state index in [1.165, 1.54) is 5.56 Å². The molecule has 4 N–H and O–H groups in total. The summed E-state index contributed by atoms with van der Waals surface area (Å²) in [5, 5.41) is 0. The van der Waals surface area contributed by atoms with Crippen molar-refractivity contribution in [1.29, 1.82) is 0 Å². The number of benzene rings is 1. The molecule has 0 bridgehead atoms. The summed E-state index contributed by atoms with van der Waals surface area (Å²) in [7, 11) is 0. The van der Waals surface area contributed by atoms with E-state index in [0.717, 1.165) is 25.2 Å². The van der Waals surface area contributed by atoms with Gasteiger partial charge in [0.05, 0.1) is 6.61 Å². The van der Waals surface area contributed by atoms with Crippen LogP contribution in [0.1, 0.15) is 18.9 Å². The highest BCUT2D eigenvalue weighted by Crippen LogP contribution is 2.14. The lowest BCUT2D eigenvalue weighted by Gasteiger charge is -2.12. The Balaban J connectivity index is 2.50. The third kappa shape index (κ3) is 4.21. The zero-order valence-electron chi connectivity index (χ0n) is 9.99. The second-order valence-corrected chi connectivity index (χ2v) is 4.03. The van der Waals surface area contributed by atoms with Crippen LogP contribution in [0.25, 0.3) is 0 Å². The Morgan fingerprint density at radius 3 is 2.25 bits per heavy atom. The molecular formula is C13H22N2O. The molecule has 0 spiro atoms. The Morgan fingerprint density at radius 2 is 1.75 bits per heavy atom. The lowest BCUT2D eigenvalue weighted by Crippen LogP contribution is -2.25. The lowest BCUT2D eigenvalue weighted by molar-refractivity contribution is 0.317. The van der Waals surface area contributed by atoms with Gasteiger partial charge in [-0.15, -0.1) is 0 Å². The van der Waals surface area contributed by atoms with E-state index in [9.17, 15) is 0 Å². The van der Waals surface area contributed by atoms with Crippen molar-refractivity contribution in [1.82, 2.24) is 0 Å². The SMILES string of the molecule is CCCOc1ccc(CC(CN)CN)cc1. The smallest absolute Gasteiger partial charge is 0.119 e. The maximum atomic E-state index is 5.62. The number of ether oxygens (including phenoxy) is 1. The monoisotopic (exact) mass is 222 g/mol. The van der Waals surface area contributed by atoms with Gasteiger partial charge in [0.25, 0.3) is 0 Å². The van der Waals surface area contributed by atoms with E-state index in [-0.39, 0.29) is 0 Å². The van der Waals surface area contributed by atoms with Gasteiger partial charge in [-0.2, -0.15) is 0 Å². The molecular weight excluding hydrogens is 200 g/mol. The third-order valence-electron chi connectivity index (χ3n) is 2.59. The minimum absolute atomic E-state index is 0.377.